The van der Waals surface area contributed by atoms with E-state index in [-0.39, 0.29) is 11.6 Å². The molecule has 0 unspecified atom stereocenters. The molecule has 6 nitrogen and oxygen atoms in total. The fourth-order valence-corrected chi connectivity index (χ4v) is 2.26. The van der Waals surface area contributed by atoms with Crippen LogP contribution in [0.25, 0.3) is 11.5 Å². The zero-order valence-corrected chi connectivity index (χ0v) is 12.8. The first-order valence-electron chi connectivity index (χ1n) is 7.19. The van der Waals surface area contributed by atoms with E-state index in [0.29, 0.717) is 17.2 Å². The summed E-state index contributed by atoms with van der Waals surface area (Å²) in [5.41, 5.74) is 0.0842. The van der Waals surface area contributed by atoms with Gasteiger partial charge in [0.25, 0.3) is 11.5 Å². The predicted octanol–water partition coefficient (Wildman–Crippen LogP) is 3.03. The number of pyridine rings is 1. The molecule has 118 valence electrons. The first kappa shape index (κ1) is 14.9. The molecule has 0 spiro atoms. The van der Waals surface area contributed by atoms with Crippen LogP contribution in [0.4, 0.5) is 0 Å². The molecule has 0 saturated carbocycles. The lowest BCUT2D eigenvalue weighted by Gasteiger charge is -2.11. The number of hydrogen-bond acceptors (Lipinski definition) is 4. The van der Waals surface area contributed by atoms with Crippen molar-refractivity contribution in [2.24, 2.45) is 0 Å². The van der Waals surface area contributed by atoms with E-state index in [9.17, 15) is 9.59 Å². The minimum absolute atomic E-state index is 0.0374. The molecule has 23 heavy (non-hydrogen) atoms. The van der Waals surface area contributed by atoms with Crippen molar-refractivity contribution in [2.45, 2.75) is 19.9 Å². The Hall–Kier alpha value is -3.02. The van der Waals surface area contributed by atoms with Gasteiger partial charge in [-0.2, -0.15) is 0 Å². The van der Waals surface area contributed by atoms with Gasteiger partial charge in [0, 0.05) is 0 Å². The van der Waals surface area contributed by atoms with Gasteiger partial charge in [0.05, 0.1) is 18.0 Å². The third-order valence-corrected chi connectivity index (χ3v) is 3.48. The number of hydrogen-bond donors (Lipinski definition) is 2. The van der Waals surface area contributed by atoms with Gasteiger partial charge in [0.1, 0.15) is 22.8 Å². The number of aromatic amines is 1. The highest BCUT2D eigenvalue weighted by Gasteiger charge is 2.17. The molecule has 3 heterocycles. The van der Waals surface area contributed by atoms with Crippen LogP contribution in [0, 0.1) is 6.92 Å². The smallest absolute Gasteiger partial charge is 0.261 e. The number of furan rings is 2. The molecule has 2 N–H and O–H groups in total. The van der Waals surface area contributed by atoms with Crippen molar-refractivity contribution in [1.29, 1.82) is 0 Å². The van der Waals surface area contributed by atoms with Crippen molar-refractivity contribution in [1.82, 2.24) is 10.3 Å². The highest BCUT2D eigenvalue weighted by atomic mass is 16.3. The van der Waals surface area contributed by atoms with Gasteiger partial charge in [-0.25, -0.2) is 0 Å². The van der Waals surface area contributed by atoms with Crippen molar-refractivity contribution >= 4 is 5.91 Å². The zero-order chi connectivity index (χ0) is 16.4. The Bertz CT molecular complexity index is 874. The standard InChI is InChI=1S/C17H16N2O4/c1-10-5-8-14(23-10)11(2)18-16(20)12-6-7-13(19-17(12)21)15-4-3-9-22-15/h3-9,11H,1-2H3,(H,18,20)(H,19,21)/t11-/m0/s1. The summed E-state index contributed by atoms with van der Waals surface area (Å²) >= 11 is 0. The number of aryl methyl sites for hydroxylation is 1. The number of carbonyl (C=O) groups excluding carboxylic acids is 1. The SMILES string of the molecule is Cc1ccc([C@H](C)NC(=O)c2ccc(-c3ccco3)[nH]c2=O)o1. The van der Waals surface area contributed by atoms with Crippen LogP contribution in [0.1, 0.15) is 34.8 Å². The first-order valence-corrected chi connectivity index (χ1v) is 7.19. The Balaban J connectivity index is 1.78. The topological polar surface area (TPSA) is 88.2 Å². The molecule has 0 aliphatic heterocycles. The van der Waals surface area contributed by atoms with E-state index < -0.39 is 11.5 Å². The molecule has 1 amide bonds. The Morgan fingerprint density at radius 1 is 1.22 bits per heavy atom. The molecule has 0 saturated heterocycles. The minimum atomic E-state index is -0.473. The molecule has 0 aliphatic rings. The largest absolute Gasteiger partial charge is 0.464 e. The maximum Gasteiger partial charge on any atom is 0.261 e. The van der Waals surface area contributed by atoms with Gasteiger partial charge in [-0.15, -0.1) is 0 Å². The summed E-state index contributed by atoms with van der Waals surface area (Å²) in [5, 5.41) is 2.74. The van der Waals surface area contributed by atoms with Crippen LogP contribution in [0.15, 0.2) is 56.3 Å². The van der Waals surface area contributed by atoms with Gasteiger partial charge in [-0.05, 0) is 50.2 Å². The summed E-state index contributed by atoms with van der Waals surface area (Å²) in [7, 11) is 0. The average Bonchev–Trinajstić information content (AvgIpc) is 3.18. The monoisotopic (exact) mass is 312 g/mol. The Morgan fingerprint density at radius 2 is 2.04 bits per heavy atom. The van der Waals surface area contributed by atoms with Crippen LogP contribution in [-0.2, 0) is 0 Å². The number of amides is 1. The minimum Gasteiger partial charge on any atom is -0.464 e. The second-order valence-electron chi connectivity index (χ2n) is 5.24. The lowest BCUT2D eigenvalue weighted by atomic mass is 10.2. The lowest BCUT2D eigenvalue weighted by molar-refractivity contribution is 0.0933. The molecule has 6 heteroatoms. The lowest BCUT2D eigenvalue weighted by Crippen LogP contribution is -2.31. The summed E-state index contributed by atoms with van der Waals surface area (Å²) in [6.45, 7) is 3.62. The highest BCUT2D eigenvalue weighted by Crippen LogP contribution is 2.17. The van der Waals surface area contributed by atoms with E-state index in [2.05, 4.69) is 10.3 Å². The fourth-order valence-electron chi connectivity index (χ4n) is 2.26. The Labute approximate surface area is 132 Å². The second kappa shape index (κ2) is 6.00. The molecule has 3 aromatic heterocycles. The maximum absolute atomic E-state index is 12.3. The van der Waals surface area contributed by atoms with E-state index in [1.54, 1.807) is 31.2 Å². The van der Waals surface area contributed by atoms with Crippen LogP contribution in [0.5, 0.6) is 0 Å². The first-order chi connectivity index (χ1) is 11.0. The van der Waals surface area contributed by atoms with Crippen LogP contribution in [-0.4, -0.2) is 10.9 Å². The van der Waals surface area contributed by atoms with E-state index in [1.165, 1.54) is 12.3 Å². The van der Waals surface area contributed by atoms with Gasteiger partial charge < -0.3 is 19.1 Å². The summed E-state index contributed by atoms with van der Waals surface area (Å²) in [4.78, 5) is 27.0. The summed E-state index contributed by atoms with van der Waals surface area (Å²) in [6.07, 6.45) is 1.52. The number of rotatable bonds is 4. The third-order valence-electron chi connectivity index (χ3n) is 3.48. The van der Waals surface area contributed by atoms with Crippen molar-refractivity contribution < 1.29 is 13.6 Å². The third kappa shape index (κ3) is 3.11. The number of carbonyl (C=O) groups is 1. The number of aromatic nitrogens is 1. The van der Waals surface area contributed by atoms with E-state index in [4.69, 9.17) is 8.83 Å². The number of H-pyrrole nitrogens is 1. The van der Waals surface area contributed by atoms with Crippen LogP contribution in [0.3, 0.4) is 0 Å². The van der Waals surface area contributed by atoms with Crippen molar-refractivity contribution in [2.75, 3.05) is 0 Å². The summed E-state index contributed by atoms with van der Waals surface area (Å²) in [5.74, 6) is 1.48. The molecular formula is C17H16N2O4. The van der Waals surface area contributed by atoms with Crippen LogP contribution < -0.4 is 10.9 Å². The van der Waals surface area contributed by atoms with E-state index in [0.717, 1.165) is 5.76 Å². The fraction of sp³-hybridized carbons (Fsp3) is 0.176. The molecule has 0 fully saturated rings. The van der Waals surface area contributed by atoms with Gasteiger partial charge in [-0.1, -0.05) is 0 Å². The van der Waals surface area contributed by atoms with Crippen molar-refractivity contribution in [3.05, 3.63) is 70.1 Å². The molecular weight excluding hydrogens is 296 g/mol. The predicted molar refractivity (Wildman–Crippen MR) is 84.1 cm³/mol. The molecule has 0 aliphatic carbocycles. The molecule has 1 atom stereocenters. The van der Waals surface area contributed by atoms with Gasteiger partial charge >= 0.3 is 0 Å². The number of nitrogens with one attached hydrogen (secondary N) is 2. The van der Waals surface area contributed by atoms with Crippen molar-refractivity contribution in [3.8, 4) is 11.5 Å². The molecule has 0 aromatic carbocycles. The van der Waals surface area contributed by atoms with Crippen molar-refractivity contribution in [3.63, 3.8) is 0 Å². The molecule has 3 rings (SSSR count). The Kier molecular flexibility index (Phi) is 3.89. The quantitative estimate of drug-likeness (QED) is 0.775. The Morgan fingerprint density at radius 3 is 2.65 bits per heavy atom. The molecule has 0 radical (unpaired) electrons. The maximum atomic E-state index is 12.3. The molecule has 3 aromatic rings. The summed E-state index contributed by atoms with van der Waals surface area (Å²) in [6, 6.07) is 9.85. The van der Waals surface area contributed by atoms with Gasteiger partial charge in [-0.3, -0.25) is 9.59 Å². The summed E-state index contributed by atoms with van der Waals surface area (Å²) < 4.78 is 10.7. The van der Waals surface area contributed by atoms with E-state index >= 15 is 0 Å². The normalized spacial score (nSPS) is 12.1. The highest BCUT2D eigenvalue weighted by molar-refractivity contribution is 5.94. The molecule has 0 bridgehead atoms. The van der Waals surface area contributed by atoms with Gasteiger partial charge in [0.2, 0.25) is 0 Å². The van der Waals surface area contributed by atoms with E-state index in [1.807, 2.05) is 13.0 Å². The zero-order valence-electron chi connectivity index (χ0n) is 12.8. The van der Waals surface area contributed by atoms with Crippen LogP contribution in [0.2, 0.25) is 0 Å². The average molecular weight is 312 g/mol. The van der Waals surface area contributed by atoms with Gasteiger partial charge in [0.15, 0.2) is 0 Å². The second-order valence-corrected chi connectivity index (χ2v) is 5.24. The van der Waals surface area contributed by atoms with Crippen LogP contribution >= 0.6 is 0 Å².